The number of aromatic nitrogens is 1. The third-order valence-electron chi connectivity index (χ3n) is 3.62. The van der Waals surface area contributed by atoms with Gasteiger partial charge in [0.05, 0.1) is 5.71 Å². The van der Waals surface area contributed by atoms with Crippen molar-refractivity contribution >= 4 is 17.8 Å². The maximum atomic E-state index is 11.3. The normalized spacial score (nSPS) is 16.0. The highest BCUT2D eigenvalue weighted by Gasteiger charge is 2.15. The molecule has 0 spiro atoms. The van der Waals surface area contributed by atoms with E-state index in [1.165, 1.54) is 6.92 Å². The number of hydrogen-bond donors (Lipinski definition) is 0. The molecule has 0 saturated carbocycles. The smallest absolute Gasteiger partial charge is 0.308 e. The van der Waals surface area contributed by atoms with E-state index in [-0.39, 0.29) is 5.97 Å². The van der Waals surface area contributed by atoms with Crippen molar-refractivity contribution in [2.75, 3.05) is 6.54 Å². The average Bonchev–Trinajstić information content (AvgIpc) is 2.57. The fraction of sp³-hybridized carbons (Fsp3) is 0.211. The minimum atomic E-state index is -0.319. The first kappa shape index (κ1) is 15.2. The van der Waals surface area contributed by atoms with Gasteiger partial charge >= 0.3 is 5.97 Å². The molecule has 1 aliphatic rings. The van der Waals surface area contributed by atoms with Crippen LogP contribution in [0.1, 0.15) is 30.9 Å². The van der Waals surface area contributed by atoms with Crippen molar-refractivity contribution in [1.82, 2.24) is 4.98 Å². The van der Waals surface area contributed by atoms with Gasteiger partial charge in [-0.15, -0.1) is 0 Å². The van der Waals surface area contributed by atoms with Gasteiger partial charge in [0.25, 0.3) is 0 Å². The summed E-state index contributed by atoms with van der Waals surface area (Å²) in [6.07, 6.45) is 7.61. The number of carbonyl (C=O) groups excluding carboxylic acids is 1. The lowest BCUT2D eigenvalue weighted by atomic mass is 9.94. The van der Waals surface area contributed by atoms with Gasteiger partial charge in [-0.2, -0.15) is 0 Å². The third kappa shape index (κ3) is 3.72. The lowest BCUT2D eigenvalue weighted by molar-refractivity contribution is -0.131. The highest BCUT2D eigenvalue weighted by Crippen LogP contribution is 2.26. The molecule has 2 aromatic rings. The highest BCUT2D eigenvalue weighted by atomic mass is 16.5. The van der Waals surface area contributed by atoms with Crippen molar-refractivity contribution < 1.29 is 9.53 Å². The van der Waals surface area contributed by atoms with E-state index in [1.54, 1.807) is 12.3 Å². The molecular formula is C19H18N2O2. The molecule has 0 radical (unpaired) electrons. The summed E-state index contributed by atoms with van der Waals surface area (Å²) in [4.78, 5) is 20.1. The molecule has 1 aliphatic heterocycles. The molecule has 0 N–H and O–H groups in total. The number of rotatable bonds is 3. The van der Waals surface area contributed by atoms with Gasteiger partial charge in [-0.1, -0.05) is 18.2 Å². The number of pyridine rings is 1. The first-order valence-electron chi connectivity index (χ1n) is 7.67. The molecule has 4 heteroatoms. The van der Waals surface area contributed by atoms with Crippen LogP contribution >= 0.6 is 0 Å². The van der Waals surface area contributed by atoms with E-state index in [9.17, 15) is 4.79 Å². The minimum Gasteiger partial charge on any atom is -0.426 e. The summed E-state index contributed by atoms with van der Waals surface area (Å²) < 4.78 is 5.29. The Labute approximate surface area is 135 Å². The lowest BCUT2D eigenvalue weighted by Gasteiger charge is -2.17. The second-order valence-corrected chi connectivity index (χ2v) is 5.38. The van der Waals surface area contributed by atoms with Crippen molar-refractivity contribution in [3.8, 4) is 5.75 Å². The monoisotopic (exact) mass is 306 g/mol. The van der Waals surface area contributed by atoms with Gasteiger partial charge in [0.1, 0.15) is 5.75 Å². The van der Waals surface area contributed by atoms with Gasteiger partial charge in [0, 0.05) is 37.0 Å². The van der Waals surface area contributed by atoms with Gasteiger partial charge in [0.15, 0.2) is 0 Å². The van der Waals surface area contributed by atoms with E-state index in [4.69, 9.17) is 4.74 Å². The van der Waals surface area contributed by atoms with E-state index in [1.807, 2.05) is 36.5 Å². The molecule has 0 bridgehead atoms. The van der Waals surface area contributed by atoms with Crippen molar-refractivity contribution in [2.45, 2.75) is 19.8 Å². The number of benzene rings is 1. The number of esters is 1. The van der Waals surface area contributed by atoms with Crippen molar-refractivity contribution in [3.05, 3.63) is 65.5 Å². The quantitative estimate of drug-likeness (QED) is 0.642. The number of allylic oxidation sites excluding steroid dienone is 1. The van der Waals surface area contributed by atoms with Crippen LogP contribution in [0.2, 0.25) is 0 Å². The molecule has 23 heavy (non-hydrogen) atoms. The van der Waals surface area contributed by atoms with Crippen LogP contribution < -0.4 is 4.74 Å². The number of carbonyl (C=O) groups is 1. The summed E-state index contributed by atoms with van der Waals surface area (Å²) in [6, 6.07) is 11.5. The zero-order valence-corrected chi connectivity index (χ0v) is 13.0. The van der Waals surface area contributed by atoms with E-state index < -0.39 is 0 Å². The fourth-order valence-corrected chi connectivity index (χ4v) is 2.64. The highest BCUT2D eigenvalue weighted by molar-refractivity contribution is 6.15. The van der Waals surface area contributed by atoms with Crippen LogP contribution in [0.4, 0.5) is 0 Å². The number of nitrogens with zero attached hydrogens (tertiary/aromatic N) is 2. The first-order valence-corrected chi connectivity index (χ1v) is 7.67. The Morgan fingerprint density at radius 3 is 2.87 bits per heavy atom. The second kappa shape index (κ2) is 7.01. The summed E-state index contributed by atoms with van der Waals surface area (Å²) in [6.45, 7) is 2.24. The Kier molecular flexibility index (Phi) is 4.62. The summed E-state index contributed by atoms with van der Waals surface area (Å²) in [5, 5.41) is 0. The molecule has 2 heterocycles. The zero-order chi connectivity index (χ0) is 16.1. The molecule has 0 fully saturated rings. The van der Waals surface area contributed by atoms with Crippen LogP contribution in [0.15, 0.2) is 59.4 Å². The summed E-state index contributed by atoms with van der Waals surface area (Å²) >= 11 is 0. The molecule has 0 atom stereocenters. The minimum absolute atomic E-state index is 0.319. The van der Waals surface area contributed by atoms with Crippen LogP contribution in [0, 0.1) is 0 Å². The van der Waals surface area contributed by atoms with Gasteiger partial charge < -0.3 is 4.74 Å². The average molecular weight is 306 g/mol. The molecule has 1 aromatic carbocycles. The van der Waals surface area contributed by atoms with Crippen LogP contribution in [0.5, 0.6) is 5.75 Å². The van der Waals surface area contributed by atoms with Crippen molar-refractivity contribution in [1.29, 1.82) is 0 Å². The zero-order valence-electron chi connectivity index (χ0n) is 13.0. The largest absolute Gasteiger partial charge is 0.426 e. The van der Waals surface area contributed by atoms with E-state index in [0.717, 1.165) is 41.8 Å². The summed E-state index contributed by atoms with van der Waals surface area (Å²) in [5.41, 5.74) is 4.02. The van der Waals surface area contributed by atoms with Crippen LogP contribution in [0.25, 0.3) is 6.08 Å². The number of ether oxygens (including phenoxy) is 1. The maximum absolute atomic E-state index is 11.3. The predicted molar refractivity (Wildman–Crippen MR) is 90.6 cm³/mol. The Morgan fingerprint density at radius 1 is 1.22 bits per heavy atom. The van der Waals surface area contributed by atoms with Gasteiger partial charge in [0.2, 0.25) is 0 Å². The van der Waals surface area contributed by atoms with Crippen molar-refractivity contribution in [3.63, 3.8) is 0 Å². The summed E-state index contributed by atoms with van der Waals surface area (Å²) in [7, 11) is 0. The number of aliphatic imine (C=N–C) groups is 1. The van der Waals surface area contributed by atoms with Gasteiger partial charge in [-0.3, -0.25) is 14.8 Å². The van der Waals surface area contributed by atoms with Crippen molar-refractivity contribution in [2.24, 2.45) is 4.99 Å². The van der Waals surface area contributed by atoms with E-state index >= 15 is 0 Å². The first-order chi connectivity index (χ1) is 11.2. The van der Waals surface area contributed by atoms with Crippen LogP contribution in [0.3, 0.4) is 0 Å². The molecule has 0 unspecified atom stereocenters. The topological polar surface area (TPSA) is 51.5 Å². The molecule has 116 valence electrons. The molecule has 0 amide bonds. The van der Waals surface area contributed by atoms with Crippen LogP contribution in [-0.4, -0.2) is 23.2 Å². The molecule has 0 saturated heterocycles. The van der Waals surface area contributed by atoms with Crippen LogP contribution in [-0.2, 0) is 4.79 Å². The summed E-state index contributed by atoms with van der Waals surface area (Å²) in [5.74, 6) is 0.254. The molecule has 3 rings (SSSR count). The number of hydrogen-bond acceptors (Lipinski definition) is 4. The number of para-hydroxylation sites is 1. The molecule has 0 aliphatic carbocycles. The second-order valence-electron chi connectivity index (χ2n) is 5.38. The Bertz CT molecular complexity index is 764. The Morgan fingerprint density at radius 2 is 2.09 bits per heavy atom. The molecule has 4 nitrogen and oxygen atoms in total. The third-order valence-corrected chi connectivity index (χ3v) is 3.62. The predicted octanol–water partition coefficient (Wildman–Crippen LogP) is 3.67. The van der Waals surface area contributed by atoms with E-state index in [2.05, 4.69) is 16.1 Å². The SMILES string of the molecule is CC(=O)Oc1ccccc1/C=C1\CCCN=C1c1cccnc1. The molecular weight excluding hydrogens is 288 g/mol. The van der Waals surface area contributed by atoms with Gasteiger partial charge in [-0.05, 0) is 42.7 Å². The van der Waals surface area contributed by atoms with E-state index in [0.29, 0.717) is 5.75 Å². The lowest BCUT2D eigenvalue weighted by Crippen LogP contribution is -2.12. The Balaban J connectivity index is 1.99. The Hall–Kier alpha value is -2.75. The standard InChI is InChI=1S/C19H18N2O2/c1-14(22)23-18-9-3-2-6-15(18)12-16-7-5-11-21-19(16)17-8-4-10-20-13-17/h2-4,6,8-10,12-13H,5,7,11H2,1H3/b16-12+. The van der Waals surface area contributed by atoms with Gasteiger partial charge in [-0.25, -0.2) is 0 Å². The molecule has 1 aromatic heterocycles. The fourth-order valence-electron chi connectivity index (χ4n) is 2.64. The maximum Gasteiger partial charge on any atom is 0.308 e.